The van der Waals surface area contributed by atoms with Gasteiger partial charge in [0.15, 0.2) is 0 Å². The van der Waals surface area contributed by atoms with Gasteiger partial charge in [-0.05, 0) is 98.0 Å². The van der Waals surface area contributed by atoms with E-state index in [0.29, 0.717) is 44.4 Å². The smallest absolute Gasteiger partial charge is 0.262 e. The molecule has 64 heavy (non-hydrogen) atoms. The van der Waals surface area contributed by atoms with Crippen molar-refractivity contribution in [2.75, 3.05) is 55.9 Å². The minimum Gasteiger partial charge on any atom is -0.494 e. The minimum atomic E-state index is -3.48. The Morgan fingerprint density at radius 2 is 1.50 bits per heavy atom. The molecular formula is C47H58N6O10S. The highest BCUT2D eigenvalue weighted by Gasteiger charge is 2.44. The van der Waals surface area contributed by atoms with Gasteiger partial charge in [0, 0.05) is 51.3 Å². The zero-order valence-corrected chi connectivity index (χ0v) is 37.3. The van der Waals surface area contributed by atoms with E-state index in [4.69, 9.17) is 18.9 Å². The molecule has 17 heteroatoms. The molecular weight excluding hydrogens is 841 g/mol. The second-order valence-electron chi connectivity index (χ2n) is 16.0. The number of para-hydroxylation sites is 1. The van der Waals surface area contributed by atoms with E-state index in [0.717, 1.165) is 86.2 Å². The maximum Gasteiger partial charge on any atom is 0.262 e. The number of imide groups is 2. The van der Waals surface area contributed by atoms with Crippen LogP contribution in [-0.2, 0) is 42.1 Å². The molecule has 3 heterocycles. The molecule has 342 valence electrons. The molecule has 0 aliphatic carbocycles. The molecule has 1 saturated heterocycles. The van der Waals surface area contributed by atoms with Crippen LogP contribution in [0.4, 0.5) is 11.6 Å². The lowest BCUT2D eigenvalue weighted by atomic mass is 9.93. The Morgan fingerprint density at radius 3 is 2.27 bits per heavy atom. The Bertz CT molecular complexity index is 2330. The average Bonchev–Trinajstić information content (AvgIpc) is 3.51. The second-order valence-corrected chi connectivity index (χ2v) is 17.8. The molecule has 2 atom stereocenters. The SMILES string of the molecule is CC(Cc1ccc(OCCCCCCCOCCCOCCCNc2ccc3c(c2)C(=O)N(C2CCC(=O)NC2=O)C3=O)cc1)c1ccccc1OCc1ccnc(NS(C)(=O)=O)n1. The van der Waals surface area contributed by atoms with E-state index in [1.807, 2.05) is 30.3 Å². The molecule has 2 aliphatic heterocycles. The Hall–Kier alpha value is -5.91. The Labute approximate surface area is 374 Å². The molecule has 3 aromatic carbocycles. The first kappa shape index (κ1) is 47.6. The molecule has 0 saturated carbocycles. The topological polar surface area (TPSA) is 204 Å². The number of anilines is 2. The number of carbonyl (C=O) groups is 4. The average molecular weight is 899 g/mol. The van der Waals surface area contributed by atoms with Crippen LogP contribution in [0, 0.1) is 0 Å². The number of hydrogen-bond donors (Lipinski definition) is 3. The molecule has 0 spiro atoms. The summed E-state index contributed by atoms with van der Waals surface area (Å²) in [5, 5.41) is 5.47. The number of fused-ring (bicyclic) bond motifs is 1. The van der Waals surface area contributed by atoms with Crippen molar-refractivity contribution in [1.29, 1.82) is 0 Å². The zero-order chi connectivity index (χ0) is 45.3. The number of ether oxygens (including phenoxy) is 4. The summed E-state index contributed by atoms with van der Waals surface area (Å²) in [5.41, 5.74) is 4.03. The number of nitrogens with one attached hydrogen (secondary N) is 3. The Kier molecular flexibility index (Phi) is 17.6. The molecule has 0 bridgehead atoms. The van der Waals surface area contributed by atoms with Crippen LogP contribution in [0.3, 0.4) is 0 Å². The lowest BCUT2D eigenvalue weighted by Gasteiger charge is -2.27. The summed E-state index contributed by atoms with van der Waals surface area (Å²) < 4.78 is 49.1. The number of aromatic nitrogens is 2. The summed E-state index contributed by atoms with van der Waals surface area (Å²) in [6, 6.07) is 21.8. The fraction of sp³-hybridized carbons (Fsp3) is 0.447. The monoisotopic (exact) mass is 898 g/mol. The van der Waals surface area contributed by atoms with Crippen LogP contribution in [0.25, 0.3) is 0 Å². The molecule has 2 unspecified atom stereocenters. The number of benzene rings is 3. The number of hydrogen-bond acceptors (Lipinski definition) is 13. The molecule has 16 nitrogen and oxygen atoms in total. The first-order valence-corrected chi connectivity index (χ1v) is 23.8. The molecule has 4 amide bonds. The summed E-state index contributed by atoms with van der Waals surface area (Å²) in [6.07, 6.45) is 10.5. The van der Waals surface area contributed by atoms with Gasteiger partial charge in [-0.2, -0.15) is 0 Å². The molecule has 1 aromatic heterocycles. The van der Waals surface area contributed by atoms with Crippen LogP contribution in [0.5, 0.6) is 11.5 Å². The lowest BCUT2D eigenvalue weighted by Crippen LogP contribution is -2.54. The lowest BCUT2D eigenvalue weighted by molar-refractivity contribution is -0.136. The van der Waals surface area contributed by atoms with E-state index in [1.165, 1.54) is 11.8 Å². The summed E-state index contributed by atoms with van der Waals surface area (Å²) in [4.78, 5) is 58.9. The van der Waals surface area contributed by atoms with E-state index in [9.17, 15) is 27.6 Å². The largest absolute Gasteiger partial charge is 0.494 e. The maximum absolute atomic E-state index is 13.0. The highest BCUT2D eigenvalue weighted by molar-refractivity contribution is 7.92. The van der Waals surface area contributed by atoms with Gasteiger partial charge in [-0.15, -0.1) is 0 Å². The maximum atomic E-state index is 13.0. The van der Waals surface area contributed by atoms with Crippen molar-refractivity contribution in [2.24, 2.45) is 0 Å². The van der Waals surface area contributed by atoms with Crippen molar-refractivity contribution in [2.45, 2.75) is 89.7 Å². The van der Waals surface area contributed by atoms with Crippen molar-refractivity contribution in [3.8, 4) is 11.5 Å². The number of sulfonamides is 1. The molecule has 0 radical (unpaired) electrons. The molecule has 6 rings (SSSR count). The van der Waals surface area contributed by atoms with Gasteiger partial charge in [-0.1, -0.05) is 56.5 Å². The van der Waals surface area contributed by atoms with Gasteiger partial charge in [0.1, 0.15) is 24.1 Å². The third-order valence-electron chi connectivity index (χ3n) is 10.8. The fourth-order valence-corrected chi connectivity index (χ4v) is 7.96. The van der Waals surface area contributed by atoms with Crippen molar-refractivity contribution < 1.29 is 46.5 Å². The van der Waals surface area contributed by atoms with E-state index >= 15 is 0 Å². The second kappa shape index (κ2) is 23.7. The van der Waals surface area contributed by atoms with E-state index in [-0.39, 0.29) is 42.4 Å². The van der Waals surface area contributed by atoms with Crippen molar-refractivity contribution in [3.63, 3.8) is 0 Å². The van der Waals surface area contributed by atoms with Gasteiger partial charge in [0.2, 0.25) is 27.8 Å². The van der Waals surface area contributed by atoms with Gasteiger partial charge < -0.3 is 24.3 Å². The predicted octanol–water partition coefficient (Wildman–Crippen LogP) is 6.43. The van der Waals surface area contributed by atoms with Crippen molar-refractivity contribution in [3.05, 3.63) is 107 Å². The third kappa shape index (κ3) is 14.3. The normalized spacial score (nSPS) is 15.5. The van der Waals surface area contributed by atoms with Gasteiger partial charge in [0.05, 0.1) is 29.7 Å². The standard InChI is InChI=1S/C47H58N6O10S/c1-33(38-12-6-7-13-42(38)63-32-36-22-24-49-47(50-36)52-64(2,58)59)30-34-14-17-37(18-15-34)62-29-9-5-3-4-8-25-60-27-11-28-61-26-10-23-48-35-16-19-39-40(31-35)46(57)53(45(39)56)41-20-21-43(54)51-44(41)55/h6-7,12-19,22,24,31,33,41,48H,3-5,8-11,20-21,23,25-30,32H2,1-2H3,(H,49,50,52)(H,51,54,55). The van der Waals surface area contributed by atoms with Crippen LogP contribution >= 0.6 is 0 Å². The van der Waals surface area contributed by atoms with E-state index in [2.05, 4.69) is 50.4 Å². The number of nitrogens with zero attached hydrogens (tertiary/aromatic N) is 3. The van der Waals surface area contributed by atoms with Gasteiger partial charge in [0.25, 0.3) is 11.8 Å². The first-order valence-electron chi connectivity index (χ1n) is 21.9. The van der Waals surface area contributed by atoms with Gasteiger partial charge >= 0.3 is 0 Å². The summed E-state index contributed by atoms with van der Waals surface area (Å²) in [5.74, 6) is -0.264. The van der Waals surface area contributed by atoms with Crippen LogP contribution in [0.2, 0.25) is 0 Å². The molecule has 3 N–H and O–H groups in total. The molecule has 2 aliphatic rings. The number of amides is 4. The Balaban J connectivity index is 0.748. The van der Waals surface area contributed by atoms with Gasteiger partial charge in [-0.25, -0.2) is 18.4 Å². The summed E-state index contributed by atoms with van der Waals surface area (Å²) in [6.45, 7) is 6.22. The first-order chi connectivity index (χ1) is 30.9. The van der Waals surface area contributed by atoms with Crippen LogP contribution in [0.15, 0.2) is 79.0 Å². The fourth-order valence-electron chi connectivity index (χ4n) is 7.53. The highest BCUT2D eigenvalue weighted by atomic mass is 32.2. The number of rotatable bonds is 27. The molecule has 1 fully saturated rings. The minimum absolute atomic E-state index is 0.0101. The van der Waals surface area contributed by atoms with Crippen LogP contribution < -0.4 is 24.8 Å². The number of unbranched alkanes of at least 4 members (excludes halogenated alkanes) is 4. The van der Waals surface area contributed by atoms with E-state index < -0.39 is 39.7 Å². The Morgan fingerprint density at radius 1 is 0.797 bits per heavy atom. The summed E-state index contributed by atoms with van der Waals surface area (Å²) in [7, 11) is -3.48. The summed E-state index contributed by atoms with van der Waals surface area (Å²) >= 11 is 0. The predicted molar refractivity (Wildman–Crippen MR) is 241 cm³/mol. The van der Waals surface area contributed by atoms with Crippen molar-refractivity contribution >= 4 is 45.3 Å². The van der Waals surface area contributed by atoms with Crippen LogP contribution in [0.1, 0.15) is 108 Å². The van der Waals surface area contributed by atoms with Crippen LogP contribution in [-0.4, -0.2) is 98.8 Å². The molecule has 4 aromatic rings. The van der Waals surface area contributed by atoms with Crippen molar-refractivity contribution in [1.82, 2.24) is 20.2 Å². The van der Waals surface area contributed by atoms with Gasteiger partial charge in [-0.3, -0.25) is 34.1 Å². The number of carbonyl (C=O) groups excluding carboxylic acids is 4. The van der Waals surface area contributed by atoms with E-state index in [1.54, 1.807) is 24.3 Å². The highest BCUT2D eigenvalue weighted by Crippen LogP contribution is 2.31. The zero-order valence-electron chi connectivity index (χ0n) is 36.5. The number of piperidine rings is 1. The third-order valence-corrected chi connectivity index (χ3v) is 11.3. The quantitative estimate of drug-likeness (QED) is 0.0437.